The maximum absolute atomic E-state index is 7.08. The summed E-state index contributed by atoms with van der Waals surface area (Å²) in [5.74, 6) is 0. The quantitative estimate of drug-likeness (QED) is 0.196. The third kappa shape index (κ3) is 6.33. The van der Waals surface area contributed by atoms with Crippen LogP contribution in [0.25, 0.3) is 38.5 Å². The number of hydrogen-bond acceptors (Lipinski definition) is 2. The summed E-state index contributed by atoms with van der Waals surface area (Å²) in [6.45, 7) is 9.16. The summed E-state index contributed by atoms with van der Waals surface area (Å²) < 4.78 is 0. The van der Waals surface area contributed by atoms with Crippen LogP contribution in [-0.4, -0.2) is 9.97 Å². The van der Waals surface area contributed by atoms with Crippen molar-refractivity contribution in [2.24, 2.45) is 0 Å². The number of rotatable bonds is 3. The first kappa shape index (κ1) is 24.7. The number of aromatic nitrogens is 2. The van der Waals surface area contributed by atoms with Crippen molar-refractivity contribution >= 4 is 5.69 Å². The van der Waals surface area contributed by atoms with Crippen molar-refractivity contribution in [2.75, 3.05) is 0 Å². The summed E-state index contributed by atoms with van der Waals surface area (Å²) in [6.07, 6.45) is 3.68. The van der Waals surface area contributed by atoms with E-state index in [0.717, 1.165) is 39.2 Å². The van der Waals surface area contributed by atoms with Crippen LogP contribution in [0.5, 0.6) is 0 Å². The number of hydrogen-bond donors (Lipinski definition) is 0. The molecular weight excluding hydrogens is 595 g/mol. The minimum atomic E-state index is 0. The molecule has 0 saturated carbocycles. The topological polar surface area (TPSA) is 30.1 Å². The average Bonchev–Trinajstić information content (AvgIpc) is 2.90. The first-order chi connectivity index (χ1) is 16.2. The molecule has 0 spiro atoms. The van der Waals surface area contributed by atoms with Crippen molar-refractivity contribution in [1.29, 1.82) is 0 Å². The van der Waals surface area contributed by atoms with E-state index in [1.807, 2.05) is 79.0 Å². The van der Waals surface area contributed by atoms with E-state index in [0.29, 0.717) is 5.69 Å². The van der Waals surface area contributed by atoms with Crippen LogP contribution in [0.2, 0.25) is 0 Å². The van der Waals surface area contributed by atoms with Gasteiger partial charge in [0, 0.05) is 38.1 Å². The van der Waals surface area contributed by atoms with Gasteiger partial charge in [-0.1, -0.05) is 48.5 Å². The smallest absolute Gasteiger partial charge is 0.108 e. The van der Waals surface area contributed by atoms with E-state index in [4.69, 9.17) is 6.57 Å². The summed E-state index contributed by atoms with van der Waals surface area (Å²) >= 11 is 0. The van der Waals surface area contributed by atoms with Gasteiger partial charge in [0.1, 0.15) is 5.69 Å². The summed E-state index contributed by atoms with van der Waals surface area (Å²) in [4.78, 5) is 12.2. The molecule has 3 aromatic carbocycles. The fourth-order valence-corrected chi connectivity index (χ4v) is 3.37. The Morgan fingerprint density at radius 3 is 2.18 bits per heavy atom. The number of benzene rings is 3. The normalized spacial score (nSPS) is 9.65. The van der Waals surface area contributed by atoms with Gasteiger partial charge >= 0.3 is 0 Å². The van der Waals surface area contributed by atoms with Crippen molar-refractivity contribution < 1.29 is 20.1 Å². The second kappa shape index (κ2) is 12.4. The van der Waals surface area contributed by atoms with Crippen LogP contribution in [0.3, 0.4) is 0 Å². The first-order valence-electron chi connectivity index (χ1n) is 10.5. The van der Waals surface area contributed by atoms with Crippen LogP contribution in [0.15, 0.2) is 109 Å². The predicted octanol–water partition coefficient (Wildman–Crippen LogP) is 7.62. The van der Waals surface area contributed by atoms with Crippen LogP contribution in [-0.2, 0) is 20.1 Å². The Labute approximate surface area is 214 Å². The molecule has 0 N–H and O–H groups in total. The van der Waals surface area contributed by atoms with Crippen molar-refractivity contribution in [2.45, 2.75) is 6.92 Å². The molecule has 0 fully saturated rings. The minimum Gasteiger partial charge on any atom is -0.305 e. The average molecular weight is 616 g/mol. The van der Waals surface area contributed by atoms with E-state index < -0.39 is 0 Å². The van der Waals surface area contributed by atoms with E-state index >= 15 is 0 Å². The van der Waals surface area contributed by atoms with Crippen molar-refractivity contribution in [3.8, 4) is 33.6 Å². The zero-order valence-corrected chi connectivity index (χ0v) is 21.0. The van der Waals surface area contributed by atoms with Gasteiger partial charge in [-0.2, -0.15) is 6.07 Å². The molecule has 3 nitrogen and oxygen atoms in total. The first-order valence-corrected chi connectivity index (χ1v) is 10.5. The van der Waals surface area contributed by atoms with Crippen molar-refractivity contribution in [1.82, 2.24) is 9.97 Å². The second-order valence-corrected chi connectivity index (χ2v) is 7.31. The zero-order chi connectivity index (χ0) is 22.9. The molecule has 167 valence electrons. The second-order valence-electron chi connectivity index (χ2n) is 7.31. The van der Waals surface area contributed by atoms with E-state index in [1.165, 1.54) is 0 Å². The molecule has 5 rings (SSSR count). The molecule has 5 aromatic rings. The third-order valence-electron chi connectivity index (χ3n) is 5.04. The van der Waals surface area contributed by atoms with E-state index in [9.17, 15) is 0 Å². The molecule has 2 heterocycles. The van der Waals surface area contributed by atoms with Crippen LogP contribution >= 0.6 is 0 Å². The fraction of sp³-hybridized carbons (Fsp3) is 0.0333. The maximum Gasteiger partial charge on any atom is 0.108 e. The Hall–Kier alpha value is -3.90. The Bertz CT molecular complexity index is 1330. The maximum atomic E-state index is 7.08. The summed E-state index contributed by atoms with van der Waals surface area (Å²) in [5.41, 5.74) is 7.76. The molecule has 0 aliphatic carbocycles. The molecule has 0 bridgehead atoms. The number of pyridine rings is 2. The molecule has 4 heteroatoms. The third-order valence-corrected chi connectivity index (χ3v) is 5.04. The van der Waals surface area contributed by atoms with Gasteiger partial charge < -0.3 is 9.97 Å². The van der Waals surface area contributed by atoms with Crippen LogP contribution < -0.4 is 0 Å². The molecule has 1 radical (unpaired) electrons. The van der Waals surface area contributed by atoms with Gasteiger partial charge in [-0.3, -0.25) is 4.85 Å². The van der Waals surface area contributed by atoms with E-state index in [1.54, 1.807) is 18.3 Å². The Kier molecular flexibility index (Phi) is 9.00. The van der Waals surface area contributed by atoms with Gasteiger partial charge in [-0.15, -0.1) is 59.7 Å². The minimum absolute atomic E-state index is 0. The van der Waals surface area contributed by atoms with Gasteiger partial charge in [0.25, 0.3) is 0 Å². The van der Waals surface area contributed by atoms with Gasteiger partial charge in [-0.25, -0.2) is 0 Å². The SMILES string of the molecule is [C-]#[N+]c1cc[c-]c(-c2cc(C)c(-c3ccccc3)cn2)c1.[Ir].[c-]1ccccc1-c1ccccn1. The van der Waals surface area contributed by atoms with Crippen LogP contribution in [0.1, 0.15) is 5.56 Å². The standard InChI is InChI=1S/C19H13N2.C11H8N.Ir/c1-14-11-19(16-9-6-10-17(12-16)20-2)21-13-18(14)15-7-4-3-5-8-15;1-2-6-10(7-3-1)11-8-4-5-9-12-11;/h3-8,10-13H,1H3;1-6,8-9H;/q2*-1;. The van der Waals surface area contributed by atoms with Gasteiger partial charge in [0.05, 0.1) is 6.57 Å². The van der Waals surface area contributed by atoms with Gasteiger partial charge in [0.15, 0.2) is 0 Å². The molecule has 0 saturated heterocycles. The van der Waals surface area contributed by atoms with Gasteiger partial charge in [-0.05, 0) is 35.5 Å². The number of aryl methyl sites for hydroxylation is 1. The molecule has 0 aliphatic rings. The Balaban J connectivity index is 0.000000212. The fourth-order valence-electron chi connectivity index (χ4n) is 3.37. The largest absolute Gasteiger partial charge is 0.305 e. The molecule has 0 atom stereocenters. The molecule has 0 amide bonds. The summed E-state index contributed by atoms with van der Waals surface area (Å²) in [5, 5.41) is 0. The van der Waals surface area contributed by atoms with Crippen molar-refractivity contribution in [3.63, 3.8) is 0 Å². The molecular formula is C30H21IrN3-2. The van der Waals surface area contributed by atoms with Crippen LogP contribution in [0.4, 0.5) is 5.69 Å². The van der Waals surface area contributed by atoms with Crippen molar-refractivity contribution in [3.05, 3.63) is 139 Å². The summed E-state index contributed by atoms with van der Waals surface area (Å²) in [6, 6.07) is 37.5. The van der Waals surface area contributed by atoms with Crippen LogP contribution in [0, 0.1) is 25.6 Å². The predicted molar refractivity (Wildman–Crippen MR) is 133 cm³/mol. The molecule has 34 heavy (non-hydrogen) atoms. The monoisotopic (exact) mass is 616 g/mol. The number of nitrogens with zero attached hydrogens (tertiary/aromatic N) is 3. The Morgan fingerprint density at radius 2 is 1.50 bits per heavy atom. The molecule has 0 unspecified atom stereocenters. The molecule has 0 aliphatic heterocycles. The van der Waals surface area contributed by atoms with E-state index in [2.05, 4.69) is 46.0 Å². The van der Waals surface area contributed by atoms with E-state index in [-0.39, 0.29) is 20.1 Å². The van der Waals surface area contributed by atoms with Gasteiger partial charge in [0.2, 0.25) is 0 Å². The Morgan fingerprint density at radius 1 is 0.735 bits per heavy atom. The molecule has 2 aromatic heterocycles. The summed E-state index contributed by atoms with van der Waals surface area (Å²) in [7, 11) is 0. The zero-order valence-electron chi connectivity index (χ0n) is 18.6.